The second-order valence-electron chi connectivity index (χ2n) is 6.02. The number of likely N-dealkylation sites (tertiary alicyclic amines) is 1. The number of hydrogen-bond donors (Lipinski definition) is 1. The molecule has 2 aliphatic heterocycles. The van der Waals surface area contributed by atoms with Crippen LogP contribution < -0.4 is 0 Å². The Bertz CT molecular complexity index is 654. The molecule has 0 spiro atoms. The molecule has 1 aromatic rings. The van der Waals surface area contributed by atoms with Gasteiger partial charge in [0.05, 0.1) is 18.8 Å². The smallest absolute Gasteiger partial charge is 0.410 e. The van der Waals surface area contributed by atoms with E-state index in [1.165, 1.54) is 4.90 Å². The van der Waals surface area contributed by atoms with Crippen LogP contribution in [0.15, 0.2) is 18.2 Å². The van der Waals surface area contributed by atoms with Gasteiger partial charge in [0, 0.05) is 32.0 Å². The third-order valence-corrected chi connectivity index (χ3v) is 4.32. The summed E-state index contributed by atoms with van der Waals surface area (Å²) in [4.78, 5) is 25.7. The van der Waals surface area contributed by atoms with Gasteiger partial charge in [-0.05, 0) is 12.1 Å². The SMILES string of the molecule is O=C(OC1COC1)N1CCC(O)(C(=O)c2ccc(F)cc2F)CC1. The van der Waals surface area contributed by atoms with Gasteiger partial charge >= 0.3 is 6.09 Å². The zero-order chi connectivity index (χ0) is 17.3. The number of rotatable bonds is 3. The number of carbonyl (C=O) groups excluding carboxylic acids is 2. The lowest BCUT2D eigenvalue weighted by Gasteiger charge is -2.37. The zero-order valence-electron chi connectivity index (χ0n) is 12.8. The maximum atomic E-state index is 13.8. The van der Waals surface area contributed by atoms with Crippen molar-refractivity contribution >= 4 is 11.9 Å². The molecule has 6 nitrogen and oxygen atoms in total. The molecule has 0 saturated carbocycles. The Morgan fingerprint density at radius 2 is 1.92 bits per heavy atom. The van der Waals surface area contributed by atoms with Gasteiger partial charge in [-0.1, -0.05) is 0 Å². The number of ether oxygens (including phenoxy) is 2. The minimum absolute atomic E-state index is 0.0427. The molecular weight excluding hydrogens is 324 g/mol. The molecule has 2 fully saturated rings. The first-order chi connectivity index (χ1) is 11.4. The van der Waals surface area contributed by atoms with Crippen LogP contribution in [0, 0.1) is 11.6 Å². The highest BCUT2D eigenvalue weighted by Gasteiger charge is 2.42. The third kappa shape index (κ3) is 3.25. The number of nitrogens with zero attached hydrogens (tertiary/aromatic N) is 1. The number of ketones is 1. The van der Waals surface area contributed by atoms with E-state index in [0.29, 0.717) is 19.3 Å². The van der Waals surface area contributed by atoms with E-state index in [-0.39, 0.29) is 37.6 Å². The van der Waals surface area contributed by atoms with Gasteiger partial charge in [0.2, 0.25) is 0 Å². The first-order valence-corrected chi connectivity index (χ1v) is 7.64. The molecule has 0 atom stereocenters. The number of piperidine rings is 1. The van der Waals surface area contributed by atoms with Crippen LogP contribution in [-0.2, 0) is 9.47 Å². The second kappa shape index (κ2) is 6.45. The van der Waals surface area contributed by atoms with Crippen molar-refractivity contribution in [2.45, 2.75) is 24.5 Å². The topological polar surface area (TPSA) is 76.1 Å². The lowest BCUT2D eigenvalue weighted by atomic mass is 9.84. The van der Waals surface area contributed by atoms with Crippen LogP contribution in [0.5, 0.6) is 0 Å². The number of carbonyl (C=O) groups is 2. The summed E-state index contributed by atoms with van der Waals surface area (Å²) in [6.45, 7) is 0.951. The average Bonchev–Trinajstić information content (AvgIpc) is 2.51. The Kier molecular flexibility index (Phi) is 4.51. The highest BCUT2D eigenvalue weighted by molar-refractivity contribution is 6.02. The van der Waals surface area contributed by atoms with Gasteiger partial charge in [-0.25, -0.2) is 13.6 Å². The predicted molar refractivity (Wildman–Crippen MR) is 77.5 cm³/mol. The van der Waals surface area contributed by atoms with Crippen LogP contribution in [0.3, 0.4) is 0 Å². The number of Topliss-reactive ketones (excluding diaryl/α,β-unsaturated/α-hetero) is 1. The summed E-state index contributed by atoms with van der Waals surface area (Å²) < 4.78 is 36.8. The first kappa shape index (κ1) is 16.8. The van der Waals surface area contributed by atoms with Crippen LogP contribution >= 0.6 is 0 Å². The van der Waals surface area contributed by atoms with Gasteiger partial charge in [0.15, 0.2) is 11.9 Å². The van der Waals surface area contributed by atoms with Crippen molar-refractivity contribution in [3.05, 3.63) is 35.4 Å². The molecule has 0 aromatic heterocycles. The van der Waals surface area contributed by atoms with E-state index < -0.39 is 29.1 Å². The summed E-state index contributed by atoms with van der Waals surface area (Å²) in [5, 5.41) is 10.5. The minimum Gasteiger partial charge on any atom is -0.441 e. The molecule has 24 heavy (non-hydrogen) atoms. The Labute approximate surface area is 137 Å². The maximum Gasteiger partial charge on any atom is 0.410 e. The summed E-state index contributed by atoms with van der Waals surface area (Å²) in [6, 6.07) is 2.58. The molecule has 2 heterocycles. The summed E-state index contributed by atoms with van der Waals surface area (Å²) in [5.74, 6) is -2.62. The highest BCUT2D eigenvalue weighted by Crippen LogP contribution is 2.28. The van der Waals surface area contributed by atoms with E-state index in [4.69, 9.17) is 9.47 Å². The largest absolute Gasteiger partial charge is 0.441 e. The molecule has 3 rings (SSSR count). The van der Waals surface area contributed by atoms with Gasteiger partial charge in [-0.15, -0.1) is 0 Å². The van der Waals surface area contributed by atoms with Crippen LogP contribution in [0.1, 0.15) is 23.2 Å². The summed E-state index contributed by atoms with van der Waals surface area (Å²) in [5.41, 5.74) is -2.14. The lowest BCUT2D eigenvalue weighted by Crippen LogP contribution is -2.52. The number of halogens is 2. The van der Waals surface area contributed by atoms with E-state index in [1.807, 2.05) is 0 Å². The Morgan fingerprint density at radius 1 is 1.25 bits per heavy atom. The molecule has 0 radical (unpaired) electrons. The summed E-state index contributed by atoms with van der Waals surface area (Å²) in [6.07, 6.45) is -0.864. The van der Waals surface area contributed by atoms with Gasteiger partial charge in [-0.3, -0.25) is 4.79 Å². The van der Waals surface area contributed by atoms with Gasteiger partial charge in [-0.2, -0.15) is 0 Å². The molecule has 0 unspecified atom stereocenters. The Morgan fingerprint density at radius 3 is 2.46 bits per heavy atom. The van der Waals surface area contributed by atoms with Crippen molar-refractivity contribution in [2.75, 3.05) is 26.3 Å². The third-order valence-electron chi connectivity index (χ3n) is 4.32. The first-order valence-electron chi connectivity index (χ1n) is 7.64. The molecule has 8 heteroatoms. The number of hydrogen-bond acceptors (Lipinski definition) is 5. The fourth-order valence-electron chi connectivity index (χ4n) is 2.71. The maximum absolute atomic E-state index is 13.8. The second-order valence-corrected chi connectivity index (χ2v) is 6.02. The van der Waals surface area contributed by atoms with Crippen molar-refractivity contribution in [3.63, 3.8) is 0 Å². The van der Waals surface area contributed by atoms with Crippen LogP contribution in [0.2, 0.25) is 0 Å². The summed E-state index contributed by atoms with van der Waals surface area (Å²) >= 11 is 0. The van der Waals surface area contributed by atoms with E-state index >= 15 is 0 Å². The fraction of sp³-hybridized carbons (Fsp3) is 0.500. The van der Waals surface area contributed by atoms with E-state index in [0.717, 1.165) is 12.1 Å². The van der Waals surface area contributed by atoms with E-state index in [9.17, 15) is 23.5 Å². The molecule has 0 bridgehead atoms. The number of benzene rings is 1. The molecule has 2 aliphatic rings. The zero-order valence-corrected chi connectivity index (χ0v) is 12.8. The number of amides is 1. The van der Waals surface area contributed by atoms with Crippen LogP contribution in [0.4, 0.5) is 13.6 Å². The van der Waals surface area contributed by atoms with Crippen LogP contribution in [0.25, 0.3) is 0 Å². The molecule has 130 valence electrons. The summed E-state index contributed by atoms with van der Waals surface area (Å²) in [7, 11) is 0. The van der Waals surface area contributed by atoms with E-state index in [1.54, 1.807) is 0 Å². The minimum atomic E-state index is -1.78. The molecule has 1 N–H and O–H groups in total. The van der Waals surface area contributed by atoms with Crippen molar-refractivity contribution in [1.82, 2.24) is 4.90 Å². The van der Waals surface area contributed by atoms with Crippen molar-refractivity contribution in [3.8, 4) is 0 Å². The van der Waals surface area contributed by atoms with Gasteiger partial charge in [0.1, 0.15) is 17.2 Å². The van der Waals surface area contributed by atoms with Crippen molar-refractivity contribution in [1.29, 1.82) is 0 Å². The molecular formula is C16H17F2NO5. The Hall–Kier alpha value is -2.06. The van der Waals surface area contributed by atoms with Crippen molar-refractivity contribution in [2.24, 2.45) is 0 Å². The molecule has 2 saturated heterocycles. The number of aliphatic hydroxyl groups is 1. The Balaban J connectivity index is 1.63. The van der Waals surface area contributed by atoms with Crippen LogP contribution in [-0.4, -0.2) is 59.9 Å². The van der Waals surface area contributed by atoms with E-state index in [2.05, 4.69) is 0 Å². The normalized spacial score (nSPS) is 20.4. The average molecular weight is 341 g/mol. The highest BCUT2D eigenvalue weighted by atomic mass is 19.1. The monoisotopic (exact) mass is 341 g/mol. The van der Waals surface area contributed by atoms with Gasteiger partial charge in [0.25, 0.3) is 0 Å². The standard InChI is InChI=1S/C16H17F2NO5/c17-10-1-2-12(13(18)7-10)14(20)16(22)3-5-19(6-4-16)15(21)24-11-8-23-9-11/h1-2,7,11,22H,3-6,8-9H2. The van der Waals surface area contributed by atoms with Gasteiger partial charge < -0.3 is 19.5 Å². The fourth-order valence-corrected chi connectivity index (χ4v) is 2.71. The molecule has 0 aliphatic carbocycles. The molecule has 1 amide bonds. The van der Waals surface area contributed by atoms with Crippen molar-refractivity contribution < 1.29 is 33.0 Å². The lowest BCUT2D eigenvalue weighted by molar-refractivity contribution is -0.107. The quantitative estimate of drug-likeness (QED) is 0.844. The predicted octanol–water partition coefficient (Wildman–Crippen LogP) is 1.51. The molecule has 1 aromatic carbocycles.